The Balaban J connectivity index is 2.11. The molecule has 1 N–H and O–H groups in total. The summed E-state index contributed by atoms with van der Waals surface area (Å²) in [5.41, 5.74) is 1.68. The quantitative estimate of drug-likeness (QED) is 0.908. The Bertz CT molecular complexity index is 511. The molecule has 0 fully saturated rings. The second-order valence-corrected chi connectivity index (χ2v) is 4.86. The molecule has 4 heteroatoms. The van der Waals surface area contributed by atoms with Crippen molar-refractivity contribution in [3.8, 4) is 0 Å². The van der Waals surface area contributed by atoms with Gasteiger partial charge in [-0.25, -0.2) is 4.39 Å². The van der Waals surface area contributed by atoms with Crippen LogP contribution in [0.1, 0.15) is 11.1 Å². The molecule has 0 amide bonds. The summed E-state index contributed by atoms with van der Waals surface area (Å²) in [6.45, 7) is 0. The van der Waals surface area contributed by atoms with Crippen molar-refractivity contribution in [2.45, 2.75) is 18.9 Å². The van der Waals surface area contributed by atoms with E-state index in [4.69, 9.17) is 11.6 Å². The number of likely N-dealkylation sites (N-methyl/N-ethyl adjacent to an activating group) is 1. The van der Waals surface area contributed by atoms with Crippen LogP contribution in [0.5, 0.6) is 0 Å². The summed E-state index contributed by atoms with van der Waals surface area (Å²) in [6.07, 6.45) is 4.91. The third-order valence-corrected chi connectivity index (χ3v) is 3.48. The van der Waals surface area contributed by atoms with Gasteiger partial charge in [0.1, 0.15) is 5.82 Å². The minimum absolute atomic E-state index is 0.124. The molecule has 1 unspecified atom stereocenters. The van der Waals surface area contributed by atoms with E-state index in [0.29, 0.717) is 17.0 Å². The molecule has 2 nitrogen and oxygen atoms in total. The summed E-state index contributed by atoms with van der Waals surface area (Å²) in [6, 6.07) is 8.82. The maximum Gasteiger partial charge on any atom is 0.127 e. The minimum atomic E-state index is -0.251. The first kappa shape index (κ1) is 14.0. The first-order chi connectivity index (χ1) is 9.20. The lowest BCUT2D eigenvalue weighted by Crippen LogP contribution is -2.30. The molecule has 0 saturated heterocycles. The molecule has 0 spiro atoms. The van der Waals surface area contributed by atoms with Crippen molar-refractivity contribution in [1.82, 2.24) is 10.3 Å². The number of hydrogen-bond donors (Lipinski definition) is 1. The second-order valence-electron chi connectivity index (χ2n) is 4.46. The lowest BCUT2D eigenvalue weighted by atomic mass is 9.99. The van der Waals surface area contributed by atoms with Gasteiger partial charge in [-0.2, -0.15) is 0 Å². The first-order valence-electron chi connectivity index (χ1n) is 6.19. The van der Waals surface area contributed by atoms with Gasteiger partial charge in [0.2, 0.25) is 0 Å². The van der Waals surface area contributed by atoms with Gasteiger partial charge < -0.3 is 5.32 Å². The van der Waals surface area contributed by atoms with Crippen molar-refractivity contribution in [3.05, 3.63) is 64.7 Å². The predicted molar refractivity (Wildman–Crippen MR) is 75.9 cm³/mol. The van der Waals surface area contributed by atoms with E-state index < -0.39 is 0 Å². The van der Waals surface area contributed by atoms with Crippen molar-refractivity contribution >= 4 is 11.6 Å². The van der Waals surface area contributed by atoms with Gasteiger partial charge in [-0.1, -0.05) is 23.7 Å². The van der Waals surface area contributed by atoms with Crippen LogP contribution < -0.4 is 5.32 Å². The van der Waals surface area contributed by atoms with Crippen LogP contribution in [0.4, 0.5) is 4.39 Å². The fourth-order valence-corrected chi connectivity index (χ4v) is 2.29. The van der Waals surface area contributed by atoms with E-state index in [1.165, 1.54) is 6.07 Å². The average Bonchev–Trinajstić information content (AvgIpc) is 2.43. The van der Waals surface area contributed by atoms with Gasteiger partial charge in [-0.3, -0.25) is 4.98 Å². The van der Waals surface area contributed by atoms with Crippen LogP contribution >= 0.6 is 11.6 Å². The number of aromatic nitrogens is 1. The molecule has 1 aromatic heterocycles. The highest BCUT2D eigenvalue weighted by molar-refractivity contribution is 6.31. The lowest BCUT2D eigenvalue weighted by molar-refractivity contribution is 0.532. The largest absolute Gasteiger partial charge is 0.316 e. The van der Waals surface area contributed by atoms with Crippen LogP contribution in [0, 0.1) is 5.82 Å². The Morgan fingerprint density at radius 2 is 2.11 bits per heavy atom. The van der Waals surface area contributed by atoms with Crippen LogP contribution in [0.2, 0.25) is 5.02 Å². The summed E-state index contributed by atoms with van der Waals surface area (Å²) >= 11 is 6.05. The molecule has 2 rings (SSSR count). The Kier molecular flexibility index (Phi) is 4.88. The Labute approximate surface area is 117 Å². The molecule has 1 aromatic carbocycles. The summed E-state index contributed by atoms with van der Waals surface area (Å²) in [5, 5.41) is 3.68. The number of hydrogen-bond acceptors (Lipinski definition) is 2. The zero-order valence-corrected chi connectivity index (χ0v) is 11.5. The summed E-state index contributed by atoms with van der Waals surface area (Å²) < 4.78 is 13.8. The Morgan fingerprint density at radius 3 is 2.74 bits per heavy atom. The summed E-state index contributed by atoms with van der Waals surface area (Å²) in [4.78, 5) is 4.09. The van der Waals surface area contributed by atoms with E-state index in [-0.39, 0.29) is 11.9 Å². The fourth-order valence-electron chi connectivity index (χ4n) is 2.05. The predicted octanol–water partition coefficient (Wildman–Crippen LogP) is 3.25. The highest BCUT2D eigenvalue weighted by atomic mass is 35.5. The van der Waals surface area contributed by atoms with E-state index in [9.17, 15) is 4.39 Å². The SMILES string of the molecule is CNC(Cc1cccnc1)Cc1c(F)cccc1Cl. The number of pyridine rings is 1. The van der Waals surface area contributed by atoms with Gasteiger partial charge in [0, 0.05) is 29.0 Å². The van der Waals surface area contributed by atoms with E-state index >= 15 is 0 Å². The standard InChI is InChI=1S/C15H16ClFN2/c1-18-12(8-11-4-3-7-19-10-11)9-13-14(16)5-2-6-15(13)17/h2-7,10,12,18H,8-9H2,1H3. The maximum atomic E-state index is 13.8. The maximum absolute atomic E-state index is 13.8. The van der Waals surface area contributed by atoms with Crippen molar-refractivity contribution in [1.29, 1.82) is 0 Å². The van der Waals surface area contributed by atoms with Gasteiger partial charge >= 0.3 is 0 Å². The van der Waals surface area contributed by atoms with Crippen LogP contribution in [-0.4, -0.2) is 18.1 Å². The molecule has 0 saturated carbocycles. The molecule has 100 valence electrons. The van der Waals surface area contributed by atoms with Crippen LogP contribution in [-0.2, 0) is 12.8 Å². The number of nitrogens with zero attached hydrogens (tertiary/aromatic N) is 1. The molecular weight excluding hydrogens is 263 g/mol. The first-order valence-corrected chi connectivity index (χ1v) is 6.57. The van der Waals surface area contributed by atoms with Gasteiger partial charge in [-0.05, 0) is 43.7 Å². The van der Waals surface area contributed by atoms with Crippen molar-refractivity contribution in [2.75, 3.05) is 7.05 Å². The van der Waals surface area contributed by atoms with E-state index in [1.807, 2.05) is 25.4 Å². The smallest absolute Gasteiger partial charge is 0.127 e. The molecule has 0 aliphatic rings. The van der Waals surface area contributed by atoms with Crippen molar-refractivity contribution < 1.29 is 4.39 Å². The van der Waals surface area contributed by atoms with Gasteiger partial charge in [-0.15, -0.1) is 0 Å². The molecule has 1 heterocycles. The van der Waals surface area contributed by atoms with Crippen molar-refractivity contribution in [2.24, 2.45) is 0 Å². The lowest BCUT2D eigenvalue weighted by Gasteiger charge is -2.17. The minimum Gasteiger partial charge on any atom is -0.316 e. The number of rotatable bonds is 5. The summed E-state index contributed by atoms with van der Waals surface area (Å²) in [7, 11) is 1.87. The van der Waals surface area contributed by atoms with E-state index in [0.717, 1.165) is 12.0 Å². The summed E-state index contributed by atoms with van der Waals surface area (Å²) in [5.74, 6) is -0.251. The molecule has 0 bridgehead atoms. The molecule has 1 atom stereocenters. The second kappa shape index (κ2) is 6.64. The Morgan fingerprint density at radius 1 is 1.26 bits per heavy atom. The number of halogens is 2. The molecule has 0 aliphatic heterocycles. The van der Waals surface area contributed by atoms with Crippen LogP contribution in [0.25, 0.3) is 0 Å². The zero-order valence-electron chi connectivity index (χ0n) is 10.7. The van der Waals surface area contributed by atoms with Gasteiger partial charge in [0.25, 0.3) is 0 Å². The highest BCUT2D eigenvalue weighted by Gasteiger charge is 2.14. The molecule has 0 aliphatic carbocycles. The Hall–Kier alpha value is -1.45. The monoisotopic (exact) mass is 278 g/mol. The van der Waals surface area contributed by atoms with Crippen LogP contribution in [0.15, 0.2) is 42.7 Å². The number of benzene rings is 1. The molecule has 19 heavy (non-hydrogen) atoms. The molecule has 2 aromatic rings. The highest BCUT2D eigenvalue weighted by Crippen LogP contribution is 2.21. The third-order valence-electron chi connectivity index (χ3n) is 3.13. The molecule has 0 radical (unpaired) electrons. The normalized spacial score (nSPS) is 12.4. The third kappa shape index (κ3) is 3.75. The van der Waals surface area contributed by atoms with E-state index in [2.05, 4.69) is 10.3 Å². The topological polar surface area (TPSA) is 24.9 Å². The van der Waals surface area contributed by atoms with Crippen LogP contribution in [0.3, 0.4) is 0 Å². The van der Waals surface area contributed by atoms with Crippen molar-refractivity contribution in [3.63, 3.8) is 0 Å². The van der Waals surface area contributed by atoms with E-state index in [1.54, 1.807) is 18.3 Å². The van der Waals surface area contributed by atoms with Gasteiger partial charge in [0.05, 0.1) is 0 Å². The molecular formula is C15H16ClFN2. The zero-order chi connectivity index (χ0) is 13.7. The average molecular weight is 279 g/mol. The fraction of sp³-hybridized carbons (Fsp3) is 0.267. The number of nitrogens with one attached hydrogen (secondary N) is 1. The van der Waals surface area contributed by atoms with Gasteiger partial charge in [0.15, 0.2) is 0 Å².